The third-order valence-electron chi connectivity index (χ3n) is 4.40. The average molecular weight is 226 g/mol. The third-order valence-corrected chi connectivity index (χ3v) is 4.40. The SMILES string of the molecule is COC1CCN(C2CCCCCC2CN)C1. The van der Waals surface area contributed by atoms with Gasteiger partial charge in [-0.3, -0.25) is 4.90 Å². The third kappa shape index (κ3) is 2.76. The molecule has 2 fully saturated rings. The highest BCUT2D eigenvalue weighted by molar-refractivity contribution is 4.87. The summed E-state index contributed by atoms with van der Waals surface area (Å²) in [7, 11) is 1.83. The van der Waals surface area contributed by atoms with E-state index >= 15 is 0 Å². The fourth-order valence-electron chi connectivity index (χ4n) is 3.37. The van der Waals surface area contributed by atoms with Gasteiger partial charge < -0.3 is 10.5 Å². The number of nitrogens with two attached hydrogens (primary N) is 1. The minimum absolute atomic E-state index is 0.460. The van der Waals surface area contributed by atoms with Gasteiger partial charge in [0.2, 0.25) is 0 Å². The lowest BCUT2D eigenvalue weighted by Crippen LogP contribution is -2.42. The van der Waals surface area contributed by atoms with Gasteiger partial charge in [-0.25, -0.2) is 0 Å². The lowest BCUT2D eigenvalue weighted by atomic mass is 9.94. The number of likely N-dealkylation sites (tertiary alicyclic amines) is 1. The van der Waals surface area contributed by atoms with Crippen molar-refractivity contribution in [3.63, 3.8) is 0 Å². The fraction of sp³-hybridized carbons (Fsp3) is 1.00. The van der Waals surface area contributed by atoms with Crippen molar-refractivity contribution in [2.75, 3.05) is 26.7 Å². The van der Waals surface area contributed by atoms with Crippen molar-refractivity contribution in [1.29, 1.82) is 0 Å². The van der Waals surface area contributed by atoms with Crippen LogP contribution in [0.15, 0.2) is 0 Å². The summed E-state index contributed by atoms with van der Waals surface area (Å²) in [5.74, 6) is 0.720. The molecule has 3 nitrogen and oxygen atoms in total. The Balaban J connectivity index is 1.94. The zero-order chi connectivity index (χ0) is 11.4. The first-order valence-electron chi connectivity index (χ1n) is 6.82. The minimum atomic E-state index is 0.460. The zero-order valence-electron chi connectivity index (χ0n) is 10.5. The highest BCUT2D eigenvalue weighted by Gasteiger charge is 2.32. The quantitative estimate of drug-likeness (QED) is 0.743. The smallest absolute Gasteiger partial charge is 0.0710 e. The van der Waals surface area contributed by atoms with Crippen LogP contribution in [0, 0.1) is 5.92 Å². The standard InChI is InChI=1S/C13H26N2O/c1-16-12-7-8-15(10-12)13-6-4-2-3-5-11(13)9-14/h11-13H,2-10,14H2,1H3. The van der Waals surface area contributed by atoms with Crippen molar-refractivity contribution in [3.8, 4) is 0 Å². The Morgan fingerprint density at radius 3 is 2.69 bits per heavy atom. The molecule has 0 aromatic heterocycles. The maximum Gasteiger partial charge on any atom is 0.0710 e. The Kier molecular flexibility index (Phi) is 4.62. The van der Waals surface area contributed by atoms with Crippen LogP contribution in [0.25, 0.3) is 0 Å². The Labute approximate surface area is 99.3 Å². The van der Waals surface area contributed by atoms with E-state index in [1.807, 2.05) is 7.11 Å². The van der Waals surface area contributed by atoms with Crippen LogP contribution in [-0.4, -0.2) is 43.8 Å². The Bertz CT molecular complexity index is 210. The van der Waals surface area contributed by atoms with E-state index in [1.54, 1.807) is 0 Å². The summed E-state index contributed by atoms with van der Waals surface area (Å²) >= 11 is 0. The van der Waals surface area contributed by atoms with Gasteiger partial charge in [0.1, 0.15) is 0 Å². The summed E-state index contributed by atoms with van der Waals surface area (Å²) in [4.78, 5) is 2.64. The molecule has 1 saturated carbocycles. The molecule has 0 aromatic rings. The van der Waals surface area contributed by atoms with Crippen LogP contribution in [0.4, 0.5) is 0 Å². The van der Waals surface area contributed by atoms with E-state index < -0.39 is 0 Å². The number of nitrogens with zero attached hydrogens (tertiary/aromatic N) is 1. The zero-order valence-corrected chi connectivity index (χ0v) is 10.5. The summed E-state index contributed by atoms with van der Waals surface area (Å²) < 4.78 is 5.46. The summed E-state index contributed by atoms with van der Waals surface area (Å²) in [5.41, 5.74) is 5.94. The number of methoxy groups -OCH3 is 1. The van der Waals surface area contributed by atoms with Crippen LogP contribution in [0.3, 0.4) is 0 Å². The Morgan fingerprint density at radius 2 is 2.00 bits per heavy atom. The molecule has 94 valence electrons. The van der Waals surface area contributed by atoms with E-state index in [0.29, 0.717) is 6.10 Å². The molecular formula is C13H26N2O. The molecule has 3 unspecified atom stereocenters. The first-order chi connectivity index (χ1) is 7.85. The Hall–Kier alpha value is -0.120. The number of ether oxygens (including phenoxy) is 1. The van der Waals surface area contributed by atoms with Crippen LogP contribution in [0.1, 0.15) is 38.5 Å². The van der Waals surface area contributed by atoms with Gasteiger partial charge in [-0.2, -0.15) is 0 Å². The van der Waals surface area contributed by atoms with E-state index in [2.05, 4.69) is 4.90 Å². The van der Waals surface area contributed by atoms with E-state index in [-0.39, 0.29) is 0 Å². The van der Waals surface area contributed by atoms with Crippen molar-refractivity contribution in [3.05, 3.63) is 0 Å². The largest absolute Gasteiger partial charge is 0.380 e. The van der Waals surface area contributed by atoms with Gasteiger partial charge in [0, 0.05) is 26.2 Å². The lowest BCUT2D eigenvalue weighted by Gasteiger charge is -2.32. The van der Waals surface area contributed by atoms with Crippen LogP contribution in [0.2, 0.25) is 0 Å². The van der Waals surface area contributed by atoms with Crippen LogP contribution < -0.4 is 5.73 Å². The average Bonchev–Trinajstić information content (AvgIpc) is 2.66. The summed E-state index contributed by atoms with van der Waals surface area (Å²) in [6.45, 7) is 3.19. The molecular weight excluding hydrogens is 200 g/mol. The van der Waals surface area contributed by atoms with Crippen molar-refractivity contribution >= 4 is 0 Å². The van der Waals surface area contributed by atoms with Crippen LogP contribution >= 0.6 is 0 Å². The van der Waals surface area contributed by atoms with Gasteiger partial charge in [-0.1, -0.05) is 19.3 Å². The molecule has 2 rings (SSSR count). The Morgan fingerprint density at radius 1 is 1.19 bits per heavy atom. The van der Waals surface area contributed by atoms with E-state index in [4.69, 9.17) is 10.5 Å². The van der Waals surface area contributed by atoms with Gasteiger partial charge in [0.15, 0.2) is 0 Å². The topological polar surface area (TPSA) is 38.5 Å². The molecule has 3 atom stereocenters. The summed E-state index contributed by atoms with van der Waals surface area (Å²) in [5, 5.41) is 0. The number of rotatable bonds is 3. The minimum Gasteiger partial charge on any atom is -0.380 e. The predicted octanol–water partition coefficient (Wildman–Crippen LogP) is 1.61. The monoisotopic (exact) mass is 226 g/mol. The molecule has 0 amide bonds. The molecule has 2 aliphatic rings. The second-order valence-electron chi connectivity index (χ2n) is 5.34. The van der Waals surface area contributed by atoms with Crippen LogP contribution in [0.5, 0.6) is 0 Å². The molecule has 1 heterocycles. The van der Waals surface area contributed by atoms with Crippen molar-refractivity contribution in [2.45, 2.75) is 50.7 Å². The molecule has 0 radical (unpaired) electrons. The lowest BCUT2D eigenvalue weighted by molar-refractivity contribution is 0.0904. The van der Waals surface area contributed by atoms with E-state index in [0.717, 1.165) is 25.0 Å². The highest BCUT2D eigenvalue weighted by atomic mass is 16.5. The van der Waals surface area contributed by atoms with Crippen molar-refractivity contribution in [2.24, 2.45) is 11.7 Å². The normalized spacial score (nSPS) is 37.5. The molecule has 1 aliphatic heterocycles. The summed E-state index contributed by atoms with van der Waals surface area (Å²) in [6.07, 6.45) is 8.49. The maximum absolute atomic E-state index is 5.94. The molecule has 2 N–H and O–H groups in total. The second-order valence-corrected chi connectivity index (χ2v) is 5.34. The van der Waals surface area contributed by atoms with E-state index in [1.165, 1.54) is 45.1 Å². The second kappa shape index (κ2) is 5.99. The maximum atomic E-state index is 5.94. The van der Waals surface area contributed by atoms with Gasteiger partial charge in [0.25, 0.3) is 0 Å². The molecule has 0 bridgehead atoms. The van der Waals surface area contributed by atoms with Gasteiger partial charge in [0.05, 0.1) is 6.10 Å². The van der Waals surface area contributed by atoms with E-state index in [9.17, 15) is 0 Å². The number of hydrogen-bond donors (Lipinski definition) is 1. The predicted molar refractivity (Wildman–Crippen MR) is 66.4 cm³/mol. The highest BCUT2D eigenvalue weighted by Crippen LogP contribution is 2.29. The molecule has 1 saturated heterocycles. The van der Waals surface area contributed by atoms with Gasteiger partial charge in [-0.15, -0.1) is 0 Å². The summed E-state index contributed by atoms with van der Waals surface area (Å²) in [6, 6.07) is 0.729. The van der Waals surface area contributed by atoms with Gasteiger partial charge >= 0.3 is 0 Å². The molecule has 0 aromatic carbocycles. The first-order valence-corrected chi connectivity index (χ1v) is 6.82. The van der Waals surface area contributed by atoms with Crippen molar-refractivity contribution in [1.82, 2.24) is 4.90 Å². The van der Waals surface area contributed by atoms with Crippen LogP contribution in [-0.2, 0) is 4.74 Å². The van der Waals surface area contributed by atoms with Crippen molar-refractivity contribution < 1.29 is 4.74 Å². The van der Waals surface area contributed by atoms with Gasteiger partial charge in [-0.05, 0) is 31.7 Å². The first kappa shape index (κ1) is 12.3. The molecule has 16 heavy (non-hydrogen) atoms. The molecule has 3 heteroatoms. The fourth-order valence-corrected chi connectivity index (χ4v) is 3.37. The number of hydrogen-bond acceptors (Lipinski definition) is 3. The molecule has 1 aliphatic carbocycles. The molecule has 0 spiro atoms.